The second kappa shape index (κ2) is 7.86. The summed E-state index contributed by atoms with van der Waals surface area (Å²) in [6.07, 6.45) is 0. The molecule has 0 radical (unpaired) electrons. The molecule has 5 nitrogen and oxygen atoms in total. The number of ether oxygens (including phenoxy) is 2. The van der Waals surface area contributed by atoms with Crippen molar-refractivity contribution in [1.29, 1.82) is 0 Å². The van der Waals surface area contributed by atoms with Gasteiger partial charge in [-0.05, 0) is 23.3 Å². The summed E-state index contributed by atoms with van der Waals surface area (Å²) >= 11 is 0. The summed E-state index contributed by atoms with van der Waals surface area (Å²) in [6, 6.07) is 18.2. The standard InChI is InChI=1S/C20H21NO4S/c1-24-14-16-7-5-6-15(12-16)13-21-26(22,23)20-11-10-19(25-2)17-8-3-4-9-18(17)20/h3-12,21H,13-14H2,1-2H3. The summed E-state index contributed by atoms with van der Waals surface area (Å²) in [5.41, 5.74) is 1.88. The minimum absolute atomic E-state index is 0.209. The van der Waals surface area contributed by atoms with Crippen LogP contribution >= 0.6 is 0 Å². The van der Waals surface area contributed by atoms with Crippen LogP contribution in [0.4, 0.5) is 0 Å². The van der Waals surface area contributed by atoms with Gasteiger partial charge in [-0.1, -0.05) is 48.5 Å². The maximum Gasteiger partial charge on any atom is 0.241 e. The Morgan fingerprint density at radius 1 is 0.885 bits per heavy atom. The highest BCUT2D eigenvalue weighted by Crippen LogP contribution is 2.30. The third-order valence-electron chi connectivity index (χ3n) is 4.12. The van der Waals surface area contributed by atoms with Gasteiger partial charge < -0.3 is 9.47 Å². The molecule has 6 heteroatoms. The first-order valence-corrected chi connectivity index (χ1v) is 9.65. The van der Waals surface area contributed by atoms with Crippen LogP contribution in [0.3, 0.4) is 0 Å². The first-order chi connectivity index (χ1) is 12.5. The lowest BCUT2D eigenvalue weighted by atomic mass is 10.1. The molecule has 0 unspecified atom stereocenters. The Balaban J connectivity index is 1.89. The minimum Gasteiger partial charge on any atom is -0.496 e. The molecule has 0 saturated heterocycles. The first kappa shape index (κ1) is 18.4. The summed E-state index contributed by atoms with van der Waals surface area (Å²) in [5, 5.41) is 1.40. The van der Waals surface area contributed by atoms with Crippen LogP contribution in [0, 0.1) is 0 Å². The summed E-state index contributed by atoms with van der Waals surface area (Å²) in [7, 11) is -0.472. The quantitative estimate of drug-likeness (QED) is 0.691. The number of benzene rings is 3. The topological polar surface area (TPSA) is 64.6 Å². The zero-order valence-corrected chi connectivity index (χ0v) is 15.5. The van der Waals surface area contributed by atoms with Crippen molar-refractivity contribution >= 4 is 20.8 Å². The van der Waals surface area contributed by atoms with Crippen LogP contribution in [0.15, 0.2) is 65.6 Å². The van der Waals surface area contributed by atoms with Gasteiger partial charge in [-0.2, -0.15) is 0 Å². The highest BCUT2D eigenvalue weighted by molar-refractivity contribution is 7.89. The first-order valence-electron chi connectivity index (χ1n) is 8.17. The Morgan fingerprint density at radius 3 is 2.35 bits per heavy atom. The fourth-order valence-corrected chi connectivity index (χ4v) is 4.14. The van der Waals surface area contributed by atoms with Gasteiger partial charge in [-0.15, -0.1) is 0 Å². The third-order valence-corrected chi connectivity index (χ3v) is 5.58. The molecule has 0 aliphatic rings. The average Bonchev–Trinajstić information content (AvgIpc) is 2.66. The van der Waals surface area contributed by atoms with Gasteiger partial charge in [-0.25, -0.2) is 13.1 Å². The highest BCUT2D eigenvalue weighted by Gasteiger charge is 2.18. The fraction of sp³-hybridized carbons (Fsp3) is 0.200. The Kier molecular flexibility index (Phi) is 5.56. The van der Waals surface area contributed by atoms with Crippen molar-refractivity contribution in [2.24, 2.45) is 0 Å². The van der Waals surface area contributed by atoms with E-state index in [1.54, 1.807) is 32.4 Å². The molecule has 0 aliphatic carbocycles. The molecule has 136 valence electrons. The van der Waals surface area contributed by atoms with E-state index in [0.717, 1.165) is 16.5 Å². The molecular weight excluding hydrogens is 350 g/mol. The molecular formula is C20H21NO4S. The Hall–Kier alpha value is -2.41. The van der Waals surface area contributed by atoms with E-state index < -0.39 is 10.0 Å². The van der Waals surface area contributed by atoms with Crippen LogP contribution in [0.2, 0.25) is 0 Å². The second-order valence-corrected chi connectivity index (χ2v) is 7.62. The number of nitrogens with one attached hydrogen (secondary N) is 1. The van der Waals surface area contributed by atoms with Gasteiger partial charge in [-0.3, -0.25) is 0 Å². The van der Waals surface area contributed by atoms with Crippen LogP contribution in [0.5, 0.6) is 5.75 Å². The SMILES string of the molecule is COCc1cccc(CNS(=O)(=O)c2ccc(OC)c3ccccc23)c1. The molecule has 3 rings (SSSR count). The smallest absolute Gasteiger partial charge is 0.241 e. The lowest BCUT2D eigenvalue weighted by Crippen LogP contribution is -2.23. The third kappa shape index (κ3) is 3.88. The maximum absolute atomic E-state index is 12.9. The molecule has 0 atom stereocenters. The van der Waals surface area contributed by atoms with E-state index in [0.29, 0.717) is 17.7 Å². The second-order valence-electron chi connectivity index (χ2n) is 5.89. The van der Waals surface area contributed by atoms with Crippen molar-refractivity contribution in [1.82, 2.24) is 4.72 Å². The number of rotatable bonds is 7. The van der Waals surface area contributed by atoms with E-state index in [4.69, 9.17) is 9.47 Å². The lowest BCUT2D eigenvalue weighted by molar-refractivity contribution is 0.185. The van der Waals surface area contributed by atoms with Gasteiger partial charge in [0.2, 0.25) is 10.0 Å². The van der Waals surface area contributed by atoms with Crippen molar-refractivity contribution in [3.8, 4) is 5.75 Å². The molecule has 1 N–H and O–H groups in total. The fourth-order valence-electron chi connectivity index (χ4n) is 2.91. The summed E-state index contributed by atoms with van der Waals surface area (Å²) in [5.74, 6) is 0.645. The van der Waals surface area contributed by atoms with E-state index >= 15 is 0 Å². The number of hydrogen-bond acceptors (Lipinski definition) is 4. The number of fused-ring (bicyclic) bond motifs is 1. The van der Waals surface area contributed by atoms with Crippen LogP contribution in [-0.2, 0) is 27.9 Å². The van der Waals surface area contributed by atoms with E-state index in [2.05, 4.69) is 4.72 Å². The van der Waals surface area contributed by atoms with E-state index in [-0.39, 0.29) is 11.4 Å². The van der Waals surface area contributed by atoms with Gasteiger partial charge in [0.1, 0.15) is 5.75 Å². The van der Waals surface area contributed by atoms with Gasteiger partial charge in [0.25, 0.3) is 0 Å². The summed E-state index contributed by atoms with van der Waals surface area (Å²) in [4.78, 5) is 0.238. The van der Waals surface area contributed by atoms with Crippen LogP contribution < -0.4 is 9.46 Å². The molecule has 3 aromatic carbocycles. The van der Waals surface area contributed by atoms with Crippen molar-refractivity contribution in [3.63, 3.8) is 0 Å². The number of sulfonamides is 1. The number of methoxy groups -OCH3 is 2. The zero-order chi connectivity index (χ0) is 18.6. The monoisotopic (exact) mass is 371 g/mol. The molecule has 0 bridgehead atoms. The zero-order valence-electron chi connectivity index (χ0n) is 14.7. The molecule has 26 heavy (non-hydrogen) atoms. The van der Waals surface area contributed by atoms with Crippen LogP contribution in [0.25, 0.3) is 10.8 Å². The largest absolute Gasteiger partial charge is 0.496 e. The van der Waals surface area contributed by atoms with Gasteiger partial charge in [0.05, 0.1) is 18.6 Å². The van der Waals surface area contributed by atoms with Crippen molar-refractivity contribution < 1.29 is 17.9 Å². The van der Waals surface area contributed by atoms with Crippen molar-refractivity contribution in [3.05, 3.63) is 71.8 Å². The molecule has 0 heterocycles. The molecule has 0 fully saturated rings. The average molecular weight is 371 g/mol. The van der Waals surface area contributed by atoms with Gasteiger partial charge in [0.15, 0.2) is 0 Å². The molecule has 0 aromatic heterocycles. The van der Waals surface area contributed by atoms with Crippen molar-refractivity contribution in [2.45, 2.75) is 18.0 Å². The van der Waals surface area contributed by atoms with Gasteiger partial charge in [0, 0.05) is 24.4 Å². The highest BCUT2D eigenvalue weighted by atomic mass is 32.2. The Labute approximate surface area is 153 Å². The predicted octanol–water partition coefficient (Wildman–Crippen LogP) is 3.47. The summed E-state index contributed by atoms with van der Waals surface area (Å²) in [6.45, 7) is 0.698. The Morgan fingerprint density at radius 2 is 1.62 bits per heavy atom. The van der Waals surface area contributed by atoms with Crippen LogP contribution in [0.1, 0.15) is 11.1 Å². The molecule has 0 aliphatic heterocycles. The normalized spacial score (nSPS) is 11.6. The van der Waals surface area contributed by atoms with Crippen molar-refractivity contribution in [2.75, 3.05) is 14.2 Å². The van der Waals surface area contributed by atoms with E-state index in [1.165, 1.54) is 0 Å². The molecule has 3 aromatic rings. The minimum atomic E-state index is -3.67. The summed E-state index contributed by atoms with van der Waals surface area (Å²) < 4.78 is 38.8. The molecule has 0 saturated carbocycles. The number of hydrogen-bond donors (Lipinski definition) is 1. The molecule has 0 amide bonds. The lowest BCUT2D eigenvalue weighted by Gasteiger charge is -2.12. The Bertz CT molecular complexity index is 1020. The van der Waals surface area contributed by atoms with Crippen LogP contribution in [-0.4, -0.2) is 22.6 Å². The van der Waals surface area contributed by atoms with Gasteiger partial charge >= 0.3 is 0 Å². The maximum atomic E-state index is 12.9. The van der Waals surface area contributed by atoms with E-state index in [1.807, 2.05) is 42.5 Å². The van der Waals surface area contributed by atoms with E-state index in [9.17, 15) is 8.42 Å². The predicted molar refractivity (Wildman–Crippen MR) is 102 cm³/mol. The molecule has 0 spiro atoms.